The van der Waals surface area contributed by atoms with Crippen LogP contribution in [0, 0.1) is 29.6 Å². The second kappa shape index (κ2) is 19.4. The molecule has 0 spiro atoms. The summed E-state index contributed by atoms with van der Waals surface area (Å²) >= 11 is 0. The first-order valence-corrected chi connectivity index (χ1v) is 26.9. The van der Waals surface area contributed by atoms with Gasteiger partial charge in [0.05, 0.1) is 41.9 Å². The number of aromatic nitrogens is 7. The van der Waals surface area contributed by atoms with Gasteiger partial charge in [-0.25, -0.2) is 9.36 Å². The Labute approximate surface area is 436 Å². The van der Waals surface area contributed by atoms with E-state index in [-0.39, 0.29) is 67.4 Å². The van der Waals surface area contributed by atoms with Crippen LogP contribution in [-0.4, -0.2) is 136 Å². The fraction of sp³-hybridized carbons (Fsp3) is 0.618. The SMILES string of the molecule is Cc1cc(C2(NC(=O)[C@@H]3C[C@@H](O)CN3C(=O)[C@@H](n3cc(C4CC4C4CC4c4cn([C@H](C(=O)N5C[C@H](O)C[C@H]5C(=O)NC5CCCOc6c5ccc5ccccc65)C(C)(C)C)nn4)nn3)C(C)(C)C)CCOCC2)on1. The Morgan fingerprint density at radius 2 is 1.32 bits per heavy atom. The average molecular weight is 1030 g/mol. The Hall–Kier alpha value is -6.25. The molecular weight excluding hydrogens is 959 g/mol. The van der Waals surface area contributed by atoms with Crippen molar-refractivity contribution < 1.29 is 43.4 Å². The Balaban J connectivity index is 0.747. The van der Waals surface area contributed by atoms with E-state index in [0.29, 0.717) is 62.4 Å². The van der Waals surface area contributed by atoms with Gasteiger partial charge in [-0.15, -0.1) is 10.2 Å². The molecule has 3 saturated heterocycles. The normalized spacial score (nSPS) is 28.3. The van der Waals surface area contributed by atoms with Gasteiger partial charge < -0.3 is 44.6 Å². The summed E-state index contributed by atoms with van der Waals surface area (Å²) in [7, 11) is 0. The molecule has 0 bridgehead atoms. The number of aliphatic hydroxyl groups excluding tert-OH is 2. The lowest BCUT2D eigenvalue weighted by atomic mass is 9.85. The van der Waals surface area contributed by atoms with Gasteiger partial charge in [-0.1, -0.05) is 93.5 Å². The van der Waals surface area contributed by atoms with E-state index in [9.17, 15) is 29.4 Å². The van der Waals surface area contributed by atoms with Crippen LogP contribution in [0.5, 0.6) is 5.75 Å². The second-order valence-electron chi connectivity index (χ2n) is 24.4. The molecule has 3 aromatic heterocycles. The standard InChI is InChI=1S/C55H71N11O9/c1-30-21-45(75-60-30)55(16-19-73-20-17-55)57-50(70)44-23-33(68)27-64(44)52(72)48(54(5,6)7)66-29-42(59-62-66)39-25-37(39)36-24-38(36)41-28-65(61-58-41)47(53(2,3)4)51(71)63-26-32(67)22-43(63)49(69)56-40-13-10-18-74-46-34-12-9-8-11-31(34)14-15-35(40)46/h8-9,11-12,14-15,21,28-29,32-33,36-40,43-44,47-48,67-68H,10,13,16-20,22-27H2,1-7H3,(H,56,69)(H,57,70)/t32-,33-,36?,37?,38?,39?,40?,43+,44+,47-,48-/m1/s1. The molecule has 11 atom stereocenters. The summed E-state index contributed by atoms with van der Waals surface area (Å²) < 4.78 is 20.8. The minimum atomic E-state index is -0.914. The van der Waals surface area contributed by atoms with Crippen molar-refractivity contribution in [3.05, 3.63) is 83.3 Å². The van der Waals surface area contributed by atoms with Gasteiger partial charge in [0.1, 0.15) is 35.5 Å². The van der Waals surface area contributed by atoms with Gasteiger partial charge in [0.15, 0.2) is 5.76 Å². The van der Waals surface area contributed by atoms with Crippen molar-refractivity contribution in [2.45, 2.75) is 160 Å². The van der Waals surface area contributed by atoms with Gasteiger partial charge in [-0.3, -0.25) is 19.2 Å². The van der Waals surface area contributed by atoms with Gasteiger partial charge in [0, 0.05) is 93.2 Å². The van der Waals surface area contributed by atoms with Crippen LogP contribution >= 0.6 is 0 Å². The molecule has 20 nitrogen and oxygen atoms in total. The van der Waals surface area contributed by atoms with Crippen LogP contribution in [0.4, 0.5) is 0 Å². The lowest BCUT2D eigenvalue weighted by Crippen LogP contribution is -2.56. The highest BCUT2D eigenvalue weighted by Crippen LogP contribution is 2.64. The maximum atomic E-state index is 14.8. The zero-order valence-electron chi connectivity index (χ0n) is 44.0. The fourth-order valence-corrected chi connectivity index (χ4v) is 12.7. The maximum absolute atomic E-state index is 14.8. The quantitative estimate of drug-likeness (QED) is 0.126. The van der Waals surface area contributed by atoms with Gasteiger partial charge in [-0.05, 0) is 60.7 Å². The summed E-state index contributed by atoms with van der Waals surface area (Å²) in [5.74, 6) is 0.924. The van der Waals surface area contributed by atoms with Crippen LogP contribution in [0.2, 0.25) is 0 Å². The Kier molecular flexibility index (Phi) is 13.2. The third-order valence-corrected chi connectivity index (χ3v) is 16.7. The predicted octanol–water partition coefficient (Wildman–Crippen LogP) is 5.18. The molecule has 2 aromatic carbocycles. The number of ether oxygens (including phenoxy) is 2. The number of nitrogens with one attached hydrogen (secondary N) is 2. The molecule has 75 heavy (non-hydrogen) atoms. The first-order valence-electron chi connectivity index (χ1n) is 26.9. The number of hydrogen-bond donors (Lipinski definition) is 4. The minimum absolute atomic E-state index is 0.00944. The number of carbonyl (C=O) groups is 4. The molecule has 5 unspecified atom stereocenters. The van der Waals surface area contributed by atoms with Crippen LogP contribution in [0.1, 0.15) is 151 Å². The zero-order chi connectivity index (χ0) is 52.7. The molecule has 5 aromatic rings. The number of β-amino-alcohol motifs (C(OH)–C–C–N with tert-alkyl or cyclic N) is 2. The topological polar surface area (TPSA) is 245 Å². The predicted molar refractivity (Wildman–Crippen MR) is 272 cm³/mol. The van der Waals surface area contributed by atoms with Crippen molar-refractivity contribution in [1.82, 2.24) is 55.6 Å². The highest BCUT2D eigenvalue weighted by atomic mass is 16.5. The molecule has 0 radical (unpaired) electrons. The molecular formula is C55H71N11O9. The van der Waals surface area contributed by atoms with Gasteiger partial charge in [0.25, 0.3) is 0 Å². The number of rotatable bonds is 12. The number of aryl methyl sites for hydroxylation is 1. The average Bonchev–Trinajstić information content (AvgIpc) is 3.93. The molecule has 2 saturated carbocycles. The van der Waals surface area contributed by atoms with Gasteiger partial charge in [-0.2, -0.15) is 0 Å². The first-order chi connectivity index (χ1) is 35.8. The summed E-state index contributed by atoms with van der Waals surface area (Å²) in [4.78, 5) is 61.1. The van der Waals surface area contributed by atoms with E-state index in [1.807, 2.05) is 103 Å². The highest BCUT2D eigenvalue weighted by Gasteiger charge is 2.57. The van der Waals surface area contributed by atoms with Crippen LogP contribution < -0.4 is 15.4 Å². The van der Waals surface area contributed by atoms with Crippen molar-refractivity contribution >= 4 is 34.4 Å². The lowest BCUT2D eigenvalue weighted by molar-refractivity contribution is -0.145. The molecule has 4 N–H and O–H groups in total. The van der Waals surface area contributed by atoms with E-state index in [1.165, 1.54) is 9.80 Å². The van der Waals surface area contributed by atoms with Gasteiger partial charge in [0.2, 0.25) is 23.6 Å². The second-order valence-corrected chi connectivity index (χ2v) is 24.4. The number of amides is 4. The van der Waals surface area contributed by atoms with Crippen molar-refractivity contribution in [3.63, 3.8) is 0 Å². The summed E-state index contributed by atoms with van der Waals surface area (Å²) in [6, 6.07) is 10.2. The van der Waals surface area contributed by atoms with Crippen LogP contribution in [-0.2, 0) is 29.5 Å². The number of benzene rings is 2. The molecule has 6 aliphatic rings. The number of carbonyl (C=O) groups excluding carboxylic acids is 4. The van der Waals surface area contributed by atoms with Gasteiger partial charge >= 0.3 is 0 Å². The number of fused-ring (bicyclic) bond motifs is 3. The molecule has 400 valence electrons. The Morgan fingerprint density at radius 1 is 0.747 bits per heavy atom. The van der Waals surface area contributed by atoms with E-state index in [0.717, 1.165) is 52.7 Å². The van der Waals surface area contributed by atoms with E-state index in [4.69, 9.17) is 14.0 Å². The Morgan fingerprint density at radius 3 is 1.88 bits per heavy atom. The third-order valence-electron chi connectivity index (χ3n) is 16.7. The van der Waals surface area contributed by atoms with Crippen molar-refractivity contribution in [2.75, 3.05) is 32.9 Å². The van der Waals surface area contributed by atoms with Crippen LogP contribution in [0.25, 0.3) is 10.8 Å². The van der Waals surface area contributed by atoms with E-state index in [1.54, 1.807) is 9.36 Å². The maximum Gasteiger partial charge on any atom is 0.248 e. The molecule has 7 heterocycles. The van der Waals surface area contributed by atoms with Crippen molar-refractivity contribution in [2.24, 2.45) is 22.7 Å². The lowest BCUT2D eigenvalue weighted by Gasteiger charge is -2.38. The molecule has 11 rings (SSSR count). The van der Waals surface area contributed by atoms with Crippen LogP contribution in [0.15, 0.2) is 59.4 Å². The summed E-state index contributed by atoms with van der Waals surface area (Å²) in [6.07, 6.45) is 6.41. The zero-order valence-corrected chi connectivity index (χ0v) is 44.0. The first kappa shape index (κ1) is 50.9. The summed E-state index contributed by atoms with van der Waals surface area (Å²) in [5.41, 5.74) is 1.09. The largest absolute Gasteiger partial charge is 0.493 e. The number of likely N-dealkylation sites (tertiary alicyclic amines) is 2. The summed E-state index contributed by atoms with van der Waals surface area (Å²) in [5, 5.41) is 52.9. The van der Waals surface area contributed by atoms with E-state index >= 15 is 0 Å². The monoisotopic (exact) mass is 1030 g/mol. The molecule has 4 amide bonds. The minimum Gasteiger partial charge on any atom is -0.493 e. The third kappa shape index (κ3) is 9.81. The molecule has 20 heteroatoms. The molecule has 5 fully saturated rings. The van der Waals surface area contributed by atoms with Crippen LogP contribution in [0.3, 0.4) is 0 Å². The smallest absolute Gasteiger partial charge is 0.248 e. The number of aliphatic hydroxyl groups is 2. The Bertz CT molecular complexity index is 2970. The fourth-order valence-electron chi connectivity index (χ4n) is 12.7. The number of hydrogen-bond acceptors (Lipinski definition) is 14. The van der Waals surface area contributed by atoms with Crippen molar-refractivity contribution in [3.8, 4) is 5.75 Å². The number of nitrogens with zero attached hydrogens (tertiary/aromatic N) is 9. The van der Waals surface area contributed by atoms with E-state index < -0.39 is 52.7 Å². The van der Waals surface area contributed by atoms with E-state index in [2.05, 4.69) is 36.4 Å². The molecule has 4 aliphatic heterocycles. The molecule has 2 aliphatic carbocycles. The highest BCUT2D eigenvalue weighted by molar-refractivity contribution is 5.93. The van der Waals surface area contributed by atoms with Crippen molar-refractivity contribution in [1.29, 1.82) is 0 Å². The summed E-state index contributed by atoms with van der Waals surface area (Å²) in [6.45, 7) is 15.0.